The van der Waals surface area contributed by atoms with Crippen molar-refractivity contribution in [2.24, 2.45) is 0 Å². The molecule has 8 heteroatoms. The maximum Gasteiger partial charge on any atom is 0.275 e. The molecule has 1 unspecified atom stereocenters. The molecule has 114 valence electrons. The van der Waals surface area contributed by atoms with Crippen LogP contribution in [0, 0.1) is 5.95 Å². The summed E-state index contributed by atoms with van der Waals surface area (Å²) in [5, 5.41) is 5.74. The van der Waals surface area contributed by atoms with E-state index in [2.05, 4.69) is 15.3 Å². The number of aromatic nitrogens is 3. The van der Waals surface area contributed by atoms with E-state index in [-0.39, 0.29) is 11.7 Å². The van der Waals surface area contributed by atoms with Gasteiger partial charge in [-0.1, -0.05) is 18.5 Å². The molecular weight excluding hydrogens is 327 g/mol. The summed E-state index contributed by atoms with van der Waals surface area (Å²) in [4.78, 5) is 20.5. The molecule has 0 aliphatic heterocycles. The first-order valence-electron chi connectivity index (χ1n) is 6.63. The molecule has 3 rings (SSSR count). The Bertz CT molecular complexity index is 818. The van der Waals surface area contributed by atoms with Gasteiger partial charge in [0.1, 0.15) is 10.7 Å². The molecule has 1 amide bonds. The number of pyridine rings is 1. The molecule has 0 fully saturated rings. The van der Waals surface area contributed by atoms with E-state index in [1.165, 1.54) is 17.5 Å². The van der Waals surface area contributed by atoms with Gasteiger partial charge in [0.25, 0.3) is 5.91 Å². The molecular formula is C14H12ClFN4OS. The average Bonchev–Trinajstić information content (AvgIpc) is 3.14. The topological polar surface area (TPSA) is 59.3 Å². The number of hydrogen-bond acceptors (Lipinski definition) is 4. The molecule has 0 saturated heterocycles. The Kier molecular flexibility index (Phi) is 4.08. The maximum absolute atomic E-state index is 14.3. The lowest BCUT2D eigenvalue weighted by Crippen LogP contribution is -2.29. The normalized spacial score (nSPS) is 12.5. The van der Waals surface area contributed by atoms with Crippen molar-refractivity contribution in [2.75, 3.05) is 0 Å². The van der Waals surface area contributed by atoms with Gasteiger partial charge in [0.2, 0.25) is 5.95 Å². The summed E-state index contributed by atoms with van der Waals surface area (Å²) in [5.74, 6) is -1.30. The molecule has 0 aliphatic carbocycles. The zero-order chi connectivity index (χ0) is 15.7. The van der Waals surface area contributed by atoms with Gasteiger partial charge in [0.05, 0.1) is 11.1 Å². The van der Waals surface area contributed by atoms with Crippen LogP contribution >= 0.6 is 22.9 Å². The number of carbonyl (C=O) groups excluding carboxylic acids is 1. The Morgan fingerprint density at radius 1 is 1.55 bits per heavy atom. The van der Waals surface area contributed by atoms with E-state index in [0.717, 1.165) is 9.41 Å². The highest BCUT2D eigenvalue weighted by atomic mass is 35.5. The van der Waals surface area contributed by atoms with E-state index >= 15 is 0 Å². The molecule has 0 aliphatic rings. The SMILES string of the molecule is CCC(NC(=O)c1nc2ccc(Cl)cn2c1F)c1nccs1. The van der Waals surface area contributed by atoms with Crippen LogP contribution in [0.5, 0.6) is 0 Å². The highest BCUT2D eigenvalue weighted by molar-refractivity contribution is 7.09. The molecule has 1 N–H and O–H groups in total. The summed E-state index contributed by atoms with van der Waals surface area (Å²) >= 11 is 7.27. The summed E-state index contributed by atoms with van der Waals surface area (Å²) in [5.41, 5.74) is 0.0756. The second kappa shape index (κ2) is 6.02. The number of rotatable bonds is 4. The Morgan fingerprint density at radius 2 is 2.36 bits per heavy atom. The van der Waals surface area contributed by atoms with Gasteiger partial charge in [-0.15, -0.1) is 11.3 Å². The van der Waals surface area contributed by atoms with Gasteiger partial charge in [0, 0.05) is 17.8 Å². The minimum Gasteiger partial charge on any atom is -0.341 e. The fourth-order valence-electron chi connectivity index (χ4n) is 2.11. The van der Waals surface area contributed by atoms with Crippen LogP contribution in [0.25, 0.3) is 5.65 Å². The lowest BCUT2D eigenvalue weighted by molar-refractivity contribution is 0.0926. The molecule has 22 heavy (non-hydrogen) atoms. The lowest BCUT2D eigenvalue weighted by atomic mass is 10.2. The zero-order valence-electron chi connectivity index (χ0n) is 11.6. The van der Waals surface area contributed by atoms with Crippen molar-refractivity contribution in [2.45, 2.75) is 19.4 Å². The van der Waals surface area contributed by atoms with Crippen molar-refractivity contribution < 1.29 is 9.18 Å². The molecule has 0 bridgehead atoms. The Balaban J connectivity index is 1.90. The predicted octanol–water partition coefficient (Wildman–Crippen LogP) is 3.46. The Morgan fingerprint density at radius 3 is 3.05 bits per heavy atom. The predicted molar refractivity (Wildman–Crippen MR) is 82.8 cm³/mol. The van der Waals surface area contributed by atoms with E-state index in [1.54, 1.807) is 18.3 Å². The Labute approximate surface area is 134 Å². The van der Waals surface area contributed by atoms with Gasteiger partial charge in [-0.2, -0.15) is 4.39 Å². The minimum atomic E-state index is -0.732. The first-order valence-corrected chi connectivity index (χ1v) is 7.89. The van der Waals surface area contributed by atoms with Crippen molar-refractivity contribution in [1.29, 1.82) is 0 Å². The van der Waals surface area contributed by atoms with Crippen LogP contribution in [0.15, 0.2) is 29.9 Å². The van der Waals surface area contributed by atoms with Gasteiger partial charge in [-0.05, 0) is 18.6 Å². The van der Waals surface area contributed by atoms with E-state index in [9.17, 15) is 9.18 Å². The number of nitrogens with zero attached hydrogens (tertiary/aromatic N) is 3. The molecule has 0 saturated carbocycles. The average molecular weight is 339 g/mol. The van der Waals surface area contributed by atoms with Gasteiger partial charge in [-0.3, -0.25) is 9.20 Å². The lowest BCUT2D eigenvalue weighted by Gasteiger charge is -2.13. The fraction of sp³-hybridized carbons (Fsp3) is 0.214. The van der Waals surface area contributed by atoms with Gasteiger partial charge >= 0.3 is 0 Å². The third kappa shape index (κ3) is 2.69. The van der Waals surface area contributed by atoms with Crippen LogP contribution in [-0.4, -0.2) is 20.3 Å². The maximum atomic E-state index is 14.3. The van der Waals surface area contributed by atoms with E-state index < -0.39 is 11.9 Å². The summed E-state index contributed by atoms with van der Waals surface area (Å²) in [6.07, 6.45) is 3.70. The van der Waals surface area contributed by atoms with Gasteiger partial charge < -0.3 is 5.32 Å². The summed E-state index contributed by atoms with van der Waals surface area (Å²) in [6.45, 7) is 1.92. The number of halogens is 2. The van der Waals surface area contributed by atoms with Crippen molar-refractivity contribution >= 4 is 34.5 Å². The number of amides is 1. The van der Waals surface area contributed by atoms with Gasteiger partial charge in [-0.25, -0.2) is 9.97 Å². The van der Waals surface area contributed by atoms with Crippen LogP contribution in [0.4, 0.5) is 4.39 Å². The number of carbonyl (C=O) groups is 1. The molecule has 1 atom stereocenters. The second-order valence-electron chi connectivity index (χ2n) is 4.63. The van der Waals surface area contributed by atoms with E-state index in [0.29, 0.717) is 17.1 Å². The zero-order valence-corrected chi connectivity index (χ0v) is 13.2. The highest BCUT2D eigenvalue weighted by Crippen LogP contribution is 2.20. The van der Waals surface area contributed by atoms with Crippen LogP contribution < -0.4 is 5.32 Å². The number of hydrogen-bond donors (Lipinski definition) is 1. The van der Waals surface area contributed by atoms with Crippen molar-refractivity contribution in [1.82, 2.24) is 19.7 Å². The molecule has 0 radical (unpaired) electrons. The summed E-state index contributed by atoms with van der Waals surface area (Å²) < 4.78 is 15.5. The second-order valence-corrected chi connectivity index (χ2v) is 5.99. The smallest absolute Gasteiger partial charge is 0.275 e. The molecule has 0 aromatic carbocycles. The standard InChI is InChI=1S/C14H12ClFN4OS/c1-2-9(14-17-5-6-22-14)18-13(21)11-12(16)20-7-8(15)3-4-10(20)19-11/h3-7,9H,2H2,1H3,(H,18,21). The van der Waals surface area contributed by atoms with Crippen LogP contribution in [0.1, 0.15) is 34.9 Å². The molecule has 3 aromatic heterocycles. The first kappa shape index (κ1) is 14.9. The number of nitrogens with one attached hydrogen (secondary N) is 1. The largest absolute Gasteiger partial charge is 0.341 e. The van der Waals surface area contributed by atoms with Crippen molar-refractivity contribution in [3.05, 3.63) is 51.6 Å². The summed E-state index contributed by atoms with van der Waals surface area (Å²) in [6, 6.07) is 2.88. The Hall–Kier alpha value is -1.99. The van der Waals surface area contributed by atoms with Crippen LogP contribution in [0.2, 0.25) is 5.02 Å². The monoisotopic (exact) mass is 338 g/mol. The third-order valence-corrected chi connectivity index (χ3v) is 4.32. The van der Waals surface area contributed by atoms with Crippen LogP contribution in [-0.2, 0) is 0 Å². The molecule has 0 spiro atoms. The van der Waals surface area contributed by atoms with Gasteiger partial charge in [0.15, 0.2) is 5.69 Å². The fourth-order valence-corrected chi connectivity index (χ4v) is 3.04. The quantitative estimate of drug-likeness (QED) is 0.792. The minimum absolute atomic E-state index is 0.253. The number of thiazole rings is 1. The number of imidazole rings is 1. The highest BCUT2D eigenvalue weighted by Gasteiger charge is 2.23. The molecule has 3 aromatic rings. The van der Waals surface area contributed by atoms with Crippen molar-refractivity contribution in [3.8, 4) is 0 Å². The molecule has 5 nitrogen and oxygen atoms in total. The number of fused-ring (bicyclic) bond motifs is 1. The summed E-state index contributed by atoms with van der Waals surface area (Å²) in [7, 11) is 0. The van der Waals surface area contributed by atoms with Crippen molar-refractivity contribution in [3.63, 3.8) is 0 Å². The first-order chi connectivity index (χ1) is 10.6. The molecule has 3 heterocycles. The van der Waals surface area contributed by atoms with E-state index in [1.807, 2.05) is 12.3 Å². The van der Waals surface area contributed by atoms with E-state index in [4.69, 9.17) is 11.6 Å². The van der Waals surface area contributed by atoms with Crippen LogP contribution in [0.3, 0.4) is 0 Å². The third-order valence-electron chi connectivity index (χ3n) is 3.20.